The second-order valence-electron chi connectivity index (χ2n) is 3.51. The zero-order valence-corrected chi connectivity index (χ0v) is 8.98. The molecular formula is C11H14N3O2. The standard InChI is InChI=1S/C11H14N3O2/c1-12-11(15)9-2-3-10(13-8-9)14-4-6-16-7-5-14/h2-3,8H,1,4-7H2,(H,12,15). The van der Waals surface area contributed by atoms with Crippen LogP contribution < -0.4 is 10.2 Å². The molecule has 5 heteroatoms. The number of carbonyl (C=O) groups is 1. The van der Waals surface area contributed by atoms with Gasteiger partial charge in [0.2, 0.25) is 0 Å². The van der Waals surface area contributed by atoms with Crippen LogP contribution in [0, 0.1) is 7.05 Å². The van der Waals surface area contributed by atoms with Gasteiger partial charge in [-0.1, -0.05) is 0 Å². The van der Waals surface area contributed by atoms with Gasteiger partial charge < -0.3 is 15.0 Å². The van der Waals surface area contributed by atoms with Gasteiger partial charge in [-0.25, -0.2) is 4.98 Å². The first-order valence-electron chi connectivity index (χ1n) is 5.17. The van der Waals surface area contributed by atoms with Gasteiger partial charge in [0.1, 0.15) is 5.82 Å². The maximum absolute atomic E-state index is 11.3. The highest BCUT2D eigenvalue weighted by atomic mass is 16.5. The normalized spacial score (nSPS) is 15.9. The van der Waals surface area contributed by atoms with Crippen molar-refractivity contribution < 1.29 is 9.53 Å². The summed E-state index contributed by atoms with van der Waals surface area (Å²) in [4.78, 5) is 17.6. The van der Waals surface area contributed by atoms with Crippen molar-refractivity contribution >= 4 is 11.7 Å². The summed E-state index contributed by atoms with van der Waals surface area (Å²) < 4.78 is 5.26. The van der Waals surface area contributed by atoms with E-state index in [0.717, 1.165) is 32.1 Å². The van der Waals surface area contributed by atoms with Crippen molar-refractivity contribution in [3.8, 4) is 0 Å². The summed E-state index contributed by atoms with van der Waals surface area (Å²) in [5.41, 5.74) is 0.520. The van der Waals surface area contributed by atoms with Crippen molar-refractivity contribution in [3.63, 3.8) is 0 Å². The Hall–Kier alpha value is -1.62. The Balaban J connectivity index is 2.09. The van der Waals surface area contributed by atoms with Crippen LogP contribution in [0.15, 0.2) is 18.3 Å². The van der Waals surface area contributed by atoms with Gasteiger partial charge in [-0.3, -0.25) is 4.79 Å². The topological polar surface area (TPSA) is 54.5 Å². The largest absolute Gasteiger partial charge is 0.378 e. The first-order chi connectivity index (χ1) is 7.81. The highest BCUT2D eigenvalue weighted by Crippen LogP contribution is 2.12. The molecule has 1 saturated heterocycles. The number of anilines is 1. The van der Waals surface area contributed by atoms with E-state index in [4.69, 9.17) is 4.74 Å². The SMILES string of the molecule is [CH2]NC(=O)c1ccc(N2CCOCC2)nc1. The Morgan fingerprint density at radius 1 is 1.44 bits per heavy atom. The molecule has 1 radical (unpaired) electrons. The molecule has 1 N–H and O–H groups in total. The Labute approximate surface area is 94.4 Å². The number of amides is 1. The van der Waals surface area contributed by atoms with Gasteiger partial charge >= 0.3 is 0 Å². The summed E-state index contributed by atoms with van der Waals surface area (Å²) in [5, 5.41) is 2.32. The lowest BCUT2D eigenvalue weighted by atomic mass is 10.2. The van der Waals surface area contributed by atoms with Gasteiger partial charge in [0.15, 0.2) is 0 Å². The Morgan fingerprint density at radius 3 is 2.75 bits per heavy atom. The van der Waals surface area contributed by atoms with Crippen LogP contribution in [0.25, 0.3) is 0 Å². The molecule has 0 aliphatic carbocycles. The molecule has 0 atom stereocenters. The molecule has 1 aromatic heterocycles. The lowest BCUT2D eigenvalue weighted by Crippen LogP contribution is -2.36. The number of carbonyl (C=O) groups excluding carboxylic acids is 1. The first-order valence-corrected chi connectivity index (χ1v) is 5.17. The minimum Gasteiger partial charge on any atom is -0.378 e. The van der Waals surface area contributed by atoms with Crippen LogP contribution in [0.2, 0.25) is 0 Å². The van der Waals surface area contributed by atoms with Crippen LogP contribution in [0.1, 0.15) is 10.4 Å². The molecule has 2 rings (SSSR count). The van der Waals surface area contributed by atoms with Gasteiger partial charge in [0.05, 0.1) is 18.8 Å². The average Bonchev–Trinajstić information content (AvgIpc) is 2.39. The van der Waals surface area contributed by atoms with E-state index in [1.807, 2.05) is 6.07 Å². The van der Waals surface area contributed by atoms with Crippen molar-refractivity contribution in [2.75, 3.05) is 31.2 Å². The van der Waals surface area contributed by atoms with Crippen LogP contribution in [0.3, 0.4) is 0 Å². The molecule has 16 heavy (non-hydrogen) atoms. The molecule has 1 aliphatic heterocycles. The second kappa shape index (κ2) is 4.94. The van der Waals surface area contributed by atoms with E-state index >= 15 is 0 Å². The number of nitrogens with one attached hydrogen (secondary N) is 1. The minimum absolute atomic E-state index is 0.221. The first kappa shape index (κ1) is 10.9. The summed E-state index contributed by atoms with van der Waals surface area (Å²) in [5.74, 6) is 0.657. The number of aromatic nitrogens is 1. The molecule has 5 nitrogen and oxygen atoms in total. The fourth-order valence-electron chi connectivity index (χ4n) is 1.60. The van der Waals surface area contributed by atoms with Crippen LogP contribution >= 0.6 is 0 Å². The maximum atomic E-state index is 11.3. The van der Waals surface area contributed by atoms with E-state index in [1.54, 1.807) is 12.3 Å². The third kappa shape index (κ3) is 2.30. The van der Waals surface area contributed by atoms with E-state index in [1.165, 1.54) is 0 Å². The van der Waals surface area contributed by atoms with E-state index in [0.29, 0.717) is 5.56 Å². The number of hydrogen-bond acceptors (Lipinski definition) is 4. The number of morpholine rings is 1. The number of hydrogen-bond donors (Lipinski definition) is 1. The van der Waals surface area contributed by atoms with Gasteiger partial charge in [-0.2, -0.15) is 0 Å². The highest BCUT2D eigenvalue weighted by Gasteiger charge is 2.12. The number of ether oxygens (including phenoxy) is 1. The summed E-state index contributed by atoms with van der Waals surface area (Å²) in [6.07, 6.45) is 1.56. The zero-order chi connectivity index (χ0) is 11.4. The maximum Gasteiger partial charge on any atom is 0.252 e. The lowest BCUT2D eigenvalue weighted by molar-refractivity contribution is 0.0968. The quantitative estimate of drug-likeness (QED) is 0.785. The molecule has 1 amide bonds. The molecule has 0 bridgehead atoms. The predicted molar refractivity (Wildman–Crippen MR) is 60.1 cm³/mol. The zero-order valence-electron chi connectivity index (χ0n) is 8.98. The monoisotopic (exact) mass is 220 g/mol. The number of nitrogens with zero attached hydrogens (tertiary/aromatic N) is 2. The fraction of sp³-hybridized carbons (Fsp3) is 0.364. The van der Waals surface area contributed by atoms with Gasteiger partial charge in [-0.15, -0.1) is 0 Å². The molecule has 0 saturated carbocycles. The highest BCUT2D eigenvalue weighted by molar-refractivity contribution is 5.94. The average molecular weight is 220 g/mol. The molecule has 2 heterocycles. The number of pyridine rings is 1. The summed E-state index contributed by atoms with van der Waals surface area (Å²) in [6.45, 7) is 3.13. The van der Waals surface area contributed by atoms with E-state index in [-0.39, 0.29) is 5.91 Å². The molecule has 85 valence electrons. The smallest absolute Gasteiger partial charge is 0.252 e. The van der Waals surface area contributed by atoms with Crippen molar-refractivity contribution in [2.24, 2.45) is 0 Å². The summed E-state index contributed by atoms with van der Waals surface area (Å²) >= 11 is 0. The molecule has 0 unspecified atom stereocenters. The molecule has 1 fully saturated rings. The van der Waals surface area contributed by atoms with Gasteiger partial charge in [0.25, 0.3) is 5.91 Å². The fourth-order valence-corrected chi connectivity index (χ4v) is 1.60. The third-order valence-electron chi connectivity index (χ3n) is 2.51. The van der Waals surface area contributed by atoms with E-state index in [2.05, 4.69) is 22.2 Å². The Morgan fingerprint density at radius 2 is 2.19 bits per heavy atom. The molecule has 0 aromatic carbocycles. The number of rotatable bonds is 2. The van der Waals surface area contributed by atoms with Crippen molar-refractivity contribution in [1.29, 1.82) is 0 Å². The van der Waals surface area contributed by atoms with Crippen LogP contribution in [-0.4, -0.2) is 37.2 Å². The predicted octanol–water partition coefficient (Wildman–Crippen LogP) is 0.440. The lowest BCUT2D eigenvalue weighted by Gasteiger charge is -2.27. The van der Waals surface area contributed by atoms with Gasteiger partial charge in [0, 0.05) is 26.3 Å². The molecule has 1 aliphatic rings. The van der Waals surface area contributed by atoms with E-state index < -0.39 is 0 Å². The van der Waals surface area contributed by atoms with Crippen molar-refractivity contribution in [3.05, 3.63) is 30.9 Å². The van der Waals surface area contributed by atoms with Gasteiger partial charge in [-0.05, 0) is 12.1 Å². The summed E-state index contributed by atoms with van der Waals surface area (Å²) in [6, 6.07) is 3.59. The van der Waals surface area contributed by atoms with Crippen LogP contribution in [0.4, 0.5) is 5.82 Å². The third-order valence-corrected chi connectivity index (χ3v) is 2.51. The second-order valence-corrected chi connectivity index (χ2v) is 3.51. The van der Waals surface area contributed by atoms with Crippen LogP contribution in [0.5, 0.6) is 0 Å². The Kier molecular flexibility index (Phi) is 3.36. The Bertz CT molecular complexity index is 358. The molecular weight excluding hydrogens is 206 g/mol. The van der Waals surface area contributed by atoms with E-state index in [9.17, 15) is 4.79 Å². The van der Waals surface area contributed by atoms with Crippen molar-refractivity contribution in [2.45, 2.75) is 0 Å². The van der Waals surface area contributed by atoms with Crippen LogP contribution in [-0.2, 0) is 4.74 Å². The summed E-state index contributed by atoms with van der Waals surface area (Å²) in [7, 11) is 3.32. The molecule has 1 aromatic rings. The minimum atomic E-state index is -0.221. The van der Waals surface area contributed by atoms with Crippen molar-refractivity contribution in [1.82, 2.24) is 10.3 Å². The molecule has 0 spiro atoms.